The molecule has 4 rings (SSSR count). The lowest BCUT2D eigenvalue weighted by Crippen LogP contribution is -2.49. The SMILES string of the molecule is COc1ccccc1C(NC(=O)C1CC2CCCC(C1)C2N)c1noc(C)n1. The van der Waals surface area contributed by atoms with Crippen LogP contribution in [0.5, 0.6) is 5.75 Å². The average molecular weight is 384 g/mol. The van der Waals surface area contributed by atoms with Crippen LogP contribution >= 0.6 is 0 Å². The van der Waals surface area contributed by atoms with Crippen LogP contribution < -0.4 is 15.8 Å². The summed E-state index contributed by atoms with van der Waals surface area (Å²) in [5, 5.41) is 7.23. The summed E-state index contributed by atoms with van der Waals surface area (Å²) in [4.78, 5) is 17.6. The van der Waals surface area contributed by atoms with E-state index in [0.29, 0.717) is 29.3 Å². The number of carbonyl (C=O) groups is 1. The molecule has 0 aliphatic heterocycles. The Morgan fingerprint density at radius 2 is 2.00 bits per heavy atom. The highest BCUT2D eigenvalue weighted by molar-refractivity contribution is 5.79. The molecule has 1 heterocycles. The van der Waals surface area contributed by atoms with Gasteiger partial charge in [-0.15, -0.1) is 0 Å². The van der Waals surface area contributed by atoms with Gasteiger partial charge in [0.05, 0.1) is 7.11 Å². The van der Waals surface area contributed by atoms with Gasteiger partial charge < -0.3 is 20.3 Å². The second-order valence-corrected chi connectivity index (χ2v) is 8.05. The number of amides is 1. The van der Waals surface area contributed by atoms with Gasteiger partial charge in [0.25, 0.3) is 0 Å². The Morgan fingerprint density at radius 3 is 2.64 bits per heavy atom. The Kier molecular flexibility index (Phi) is 5.35. The van der Waals surface area contributed by atoms with Crippen LogP contribution in [0.25, 0.3) is 0 Å². The molecule has 150 valence electrons. The maximum atomic E-state index is 13.2. The van der Waals surface area contributed by atoms with E-state index in [4.69, 9.17) is 15.0 Å². The number of hydrogen-bond acceptors (Lipinski definition) is 6. The first kappa shape index (κ1) is 18.9. The Hall–Kier alpha value is -2.41. The number of hydrogen-bond donors (Lipinski definition) is 2. The van der Waals surface area contributed by atoms with Gasteiger partial charge in [-0.25, -0.2) is 0 Å². The van der Waals surface area contributed by atoms with E-state index in [-0.39, 0.29) is 17.9 Å². The number of ether oxygens (including phenoxy) is 1. The summed E-state index contributed by atoms with van der Waals surface area (Å²) in [6, 6.07) is 7.31. The second kappa shape index (κ2) is 7.91. The van der Waals surface area contributed by atoms with Crippen molar-refractivity contribution in [1.82, 2.24) is 15.5 Å². The molecule has 1 aromatic heterocycles. The van der Waals surface area contributed by atoms with Crippen molar-refractivity contribution in [2.45, 2.75) is 51.1 Å². The van der Waals surface area contributed by atoms with Gasteiger partial charge in [0.15, 0.2) is 5.82 Å². The van der Waals surface area contributed by atoms with Crippen molar-refractivity contribution in [3.05, 3.63) is 41.5 Å². The third-order valence-electron chi connectivity index (χ3n) is 6.32. The summed E-state index contributed by atoms with van der Waals surface area (Å²) in [5.74, 6) is 2.46. The highest BCUT2D eigenvalue weighted by Gasteiger charge is 2.41. The van der Waals surface area contributed by atoms with Crippen LogP contribution in [0.4, 0.5) is 0 Å². The van der Waals surface area contributed by atoms with Gasteiger partial charge in [-0.2, -0.15) is 4.98 Å². The number of aryl methyl sites for hydroxylation is 1. The Morgan fingerprint density at radius 1 is 1.29 bits per heavy atom. The molecule has 28 heavy (non-hydrogen) atoms. The molecule has 0 radical (unpaired) electrons. The molecule has 2 fully saturated rings. The maximum Gasteiger partial charge on any atom is 0.223 e. The lowest BCUT2D eigenvalue weighted by Gasteiger charge is -2.43. The number of para-hydroxylation sites is 1. The number of nitrogens with one attached hydrogen (secondary N) is 1. The number of fused-ring (bicyclic) bond motifs is 2. The predicted octanol–water partition coefficient (Wildman–Crippen LogP) is 2.75. The fourth-order valence-corrected chi connectivity index (χ4v) is 4.88. The molecule has 2 aromatic rings. The number of aromatic nitrogens is 2. The smallest absolute Gasteiger partial charge is 0.223 e. The number of benzene rings is 1. The predicted molar refractivity (Wildman–Crippen MR) is 104 cm³/mol. The summed E-state index contributed by atoms with van der Waals surface area (Å²) in [5.41, 5.74) is 7.20. The first-order valence-corrected chi connectivity index (χ1v) is 10.1. The van der Waals surface area contributed by atoms with Crippen LogP contribution in [0, 0.1) is 24.7 Å². The number of nitrogens with zero attached hydrogens (tertiary/aromatic N) is 2. The van der Waals surface area contributed by atoms with E-state index in [9.17, 15) is 4.79 Å². The summed E-state index contributed by atoms with van der Waals surface area (Å²) in [6.45, 7) is 1.74. The minimum Gasteiger partial charge on any atom is -0.496 e. The fourth-order valence-electron chi connectivity index (χ4n) is 4.88. The summed E-state index contributed by atoms with van der Waals surface area (Å²) < 4.78 is 10.7. The molecule has 0 spiro atoms. The quantitative estimate of drug-likeness (QED) is 0.822. The van der Waals surface area contributed by atoms with E-state index in [2.05, 4.69) is 15.5 Å². The standard InChI is InChI=1S/C21H28N4O3/c1-12-23-20(25-28-12)19(16-8-3-4-9-17(16)27-2)24-21(26)15-10-13-6-5-7-14(11-15)18(13)22/h3-4,8-9,13-15,18-19H,5-7,10-11,22H2,1-2H3,(H,24,26). The lowest BCUT2D eigenvalue weighted by atomic mass is 9.65. The van der Waals surface area contributed by atoms with Crippen molar-refractivity contribution in [3.8, 4) is 5.75 Å². The van der Waals surface area contributed by atoms with Crippen LogP contribution in [0.15, 0.2) is 28.8 Å². The molecule has 1 amide bonds. The molecule has 2 bridgehead atoms. The van der Waals surface area contributed by atoms with Gasteiger partial charge >= 0.3 is 0 Å². The highest BCUT2D eigenvalue weighted by Crippen LogP contribution is 2.42. The maximum absolute atomic E-state index is 13.2. The van der Waals surface area contributed by atoms with Crippen molar-refractivity contribution in [2.24, 2.45) is 23.5 Å². The van der Waals surface area contributed by atoms with Gasteiger partial charge in [0, 0.05) is 24.4 Å². The van der Waals surface area contributed by atoms with Crippen molar-refractivity contribution < 1.29 is 14.1 Å². The van der Waals surface area contributed by atoms with Crippen LogP contribution in [0.1, 0.15) is 55.4 Å². The van der Waals surface area contributed by atoms with E-state index in [1.165, 1.54) is 6.42 Å². The van der Waals surface area contributed by atoms with Gasteiger partial charge in [-0.05, 0) is 43.6 Å². The first-order chi connectivity index (χ1) is 13.6. The van der Waals surface area contributed by atoms with Crippen LogP contribution in [-0.2, 0) is 4.79 Å². The minimum atomic E-state index is -0.517. The summed E-state index contributed by atoms with van der Waals surface area (Å²) in [6.07, 6.45) is 5.19. The van der Waals surface area contributed by atoms with E-state index < -0.39 is 6.04 Å². The van der Waals surface area contributed by atoms with Crippen LogP contribution in [-0.4, -0.2) is 29.2 Å². The first-order valence-electron chi connectivity index (χ1n) is 10.1. The van der Waals surface area contributed by atoms with Crippen LogP contribution in [0.2, 0.25) is 0 Å². The van der Waals surface area contributed by atoms with E-state index >= 15 is 0 Å². The van der Waals surface area contributed by atoms with Gasteiger partial charge in [-0.1, -0.05) is 29.8 Å². The average Bonchev–Trinajstić information content (AvgIpc) is 3.11. The van der Waals surface area contributed by atoms with E-state index in [1.807, 2.05) is 24.3 Å². The van der Waals surface area contributed by atoms with Gasteiger partial charge in [0.1, 0.15) is 11.8 Å². The zero-order chi connectivity index (χ0) is 19.7. The number of methoxy groups -OCH3 is 1. The Balaban J connectivity index is 1.58. The second-order valence-electron chi connectivity index (χ2n) is 8.05. The normalized spacial score (nSPS) is 27.8. The molecule has 7 nitrogen and oxygen atoms in total. The Bertz CT molecular complexity index is 823. The highest BCUT2D eigenvalue weighted by atomic mass is 16.5. The molecular formula is C21H28N4O3. The molecule has 2 saturated carbocycles. The number of nitrogens with two attached hydrogens (primary N) is 1. The fraction of sp³-hybridized carbons (Fsp3) is 0.571. The molecule has 0 saturated heterocycles. The van der Waals surface area contributed by atoms with Crippen molar-refractivity contribution >= 4 is 5.91 Å². The topological polar surface area (TPSA) is 103 Å². The zero-order valence-corrected chi connectivity index (χ0v) is 16.4. The summed E-state index contributed by atoms with van der Waals surface area (Å²) >= 11 is 0. The summed E-state index contributed by atoms with van der Waals surface area (Å²) in [7, 11) is 1.61. The molecule has 3 atom stereocenters. The third-order valence-corrected chi connectivity index (χ3v) is 6.32. The van der Waals surface area contributed by atoms with Gasteiger partial charge in [0.2, 0.25) is 11.8 Å². The van der Waals surface area contributed by atoms with Crippen molar-refractivity contribution in [1.29, 1.82) is 0 Å². The van der Waals surface area contributed by atoms with Crippen molar-refractivity contribution in [2.75, 3.05) is 7.11 Å². The molecule has 2 aliphatic carbocycles. The molecule has 7 heteroatoms. The number of carbonyl (C=O) groups excluding carboxylic acids is 1. The lowest BCUT2D eigenvalue weighted by molar-refractivity contribution is -0.128. The molecule has 1 aromatic carbocycles. The van der Waals surface area contributed by atoms with Gasteiger partial charge in [-0.3, -0.25) is 4.79 Å². The van der Waals surface area contributed by atoms with E-state index in [1.54, 1.807) is 14.0 Å². The third kappa shape index (κ3) is 3.63. The Labute approximate surface area is 165 Å². The molecule has 2 aliphatic rings. The number of rotatable bonds is 5. The molecule has 3 unspecified atom stereocenters. The minimum absolute atomic E-state index is 0.0275. The molecule has 3 N–H and O–H groups in total. The molecular weight excluding hydrogens is 356 g/mol. The largest absolute Gasteiger partial charge is 0.496 e. The van der Waals surface area contributed by atoms with Crippen molar-refractivity contribution in [3.63, 3.8) is 0 Å². The van der Waals surface area contributed by atoms with E-state index in [0.717, 1.165) is 31.2 Å². The van der Waals surface area contributed by atoms with Crippen LogP contribution in [0.3, 0.4) is 0 Å². The zero-order valence-electron chi connectivity index (χ0n) is 16.4. The monoisotopic (exact) mass is 384 g/mol.